The van der Waals surface area contributed by atoms with Gasteiger partial charge in [0.1, 0.15) is 5.82 Å². The average Bonchev–Trinajstić information content (AvgIpc) is 2.70. The minimum Gasteiger partial charge on any atom is -0.378 e. The molecular formula is C19H20N4O2S. The summed E-state index contributed by atoms with van der Waals surface area (Å²) >= 11 is 1.53. The van der Waals surface area contributed by atoms with Crippen molar-refractivity contribution in [2.75, 3.05) is 42.3 Å². The first-order chi connectivity index (χ1) is 12.7. The second kappa shape index (κ2) is 9.22. The fraction of sp³-hybridized carbons (Fsp3) is 0.316. The van der Waals surface area contributed by atoms with Crippen LogP contribution in [0.5, 0.6) is 0 Å². The van der Waals surface area contributed by atoms with Crippen molar-refractivity contribution >= 4 is 29.2 Å². The van der Waals surface area contributed by atoms with Crippen molar-refractivity contribution in [1.82, 2.24) is 4.98 Å². The Balaban J connectivity index is 1.43. The topological polar surface area (TPSA) is 78.2 Å². The lowest BCUT2D eigenvalue weighted by Gasteiger charge is -2.28. The molecule has 0 bridgehead atoms. The van der Waals surface area contributed by atoms with Crippen molar-refractivity contribution in [2.24, 2.45) is 0 Å². The normalized spacial score (nSPS) is 13.9. The highest BCUT2D eigenvalue weighted by molar-refractivity contribution is 7.99. The van der Waals surface area contributed by atoms with E-state index in [1.807, 2.05) is 24.3 Å². The van der Waals surface area contributed by atoms with Gasteiger partial charge in [-0.1, -0.05) is 12.1 Å². The number of carbonyl (C=O) groups excluding carboxylic acids is 1. The fourth-order valence-electron chi connectivity index (χ4n) is 2.58. The van der Waals surface area contributed by atoms with E-state index in [-0.39, 0.29) is 5.91 Å². The standard InChI is InChI=1S/C19H20N4O2S/c20-11-15-1-3-16(4-2-15)13-26-14-19(24)22-18-6-5-17(12-21-18)23-7-9-25-10-8-23/h1-6,12H,7-10,13-14H2,(H,21,22,24). The molecule has 0 unspecified atom stereocenters. The molecule has 2 heterocycles. The zero-order valence-electron chi connectivity index (χ0n) is 14.4. The van der Waals surface area contributed by atoms with E-state index in [9.17, 15) is 4.79 Å². The van der Waals surface area contributed by atoms with Gasteiger partial charge in [0.15, 0.2) is 0 Å². The molecule has 2 aromatic rings. The average molecular weight is 368 g/mol. The van der Waals surface area contributed by atoms with Gasteiger partial charge in [-0.2, -0.15) is 5.26 Å². The maximum atomic E-state index is 12.0. The van der Waals surface area contributed by atoms with Crippen LogP contribution in [-0.2, 0) is 15.3 Å². The van der Waals surface area contributed by atoms with Crippen molar-refractivity contribution in [3.05, 3.63) is 53.7 Å². The van der Waals surface area contributed by atoms with Crippen LogP contribution in [0.25, 0.3) is 0 Å². The summed E-state index contributed by atoms with van der Waals surface area (Å²) in [6.07, 6.45) is 1.78. The second-order valence-electron chi connectivity index (χ2n) is 5.85. The first-order valence-corrected chi connectivity index (χ1v) is 9.55. The van der Waals surface area contributed by atoms with E-state index in [1.54, 1.807) is 18.3 Å². The molecule has 6 nitrogen and oxygen atoms in total. The van der Waals surface area contributed by atoms with E-state index in [0.29, 0.717) is 17.1 Å². The third-order valence-electron chi connectivity index (χ3n) is 3.98. The zero-order valence-corrected chi connectivity index (χ0v) is 15.2. The Bertz CT molecular complexity index is 766. The number of anilines is 2. The summed E-state index contributed by atoms with van der Waals surface area (Å²) in [5.74, 6) is 1.57. The maximum Gasteiger partial charge on any atom is 0.235 e. The van der Waals surface area contributed by atoms with E-state index in [2.05, 4.69) is 21.3 Å². The van der Waals surface area contributed by atoms with Crippen LogP contribution < -0.4 is 10.2 Å². The summed E-state index contributed by atoms with van der Waals surface area (Å²) < 4.78 is 5.34. The van der Waals surface area contributed by atoms with Crippen molar-refractivity contribution in [2.45, 2.75) is 5.75 Å². The monoisotopic (exact) mass is 368 g/mol. The minimum atomic E-state index is -0.0738. The molecule has 26 heavy (non-hydrogen) atoms. The summed E-state index contributed by atoms with van der Waals surface area (Å²) in [6, 6.07) is 13.3. The number of nitrogens with one attached hydrogen (secondary N) is 1. The summed E-state index contributed by atoms with van der Waals surface area (Å²) in [5.41, 5.74) is 2.78. The molecule has 7 heteroatoms. The van der Waals surface area contributed by atoms with Crippen LogP contribution in [0.15, 0.2) is 42.6 Å². The molecule has 0 spiro atoms. The smallest absolute Gasteiger partial charge is 0.235 e. The van der Waals surface area contributed by atoms with E-state index in [0.717, 1.165) is 43.3 Å². The van der Waals surface area contributed by atoms with Crippen molar-refractivity contribution in [3.8, 4) is 6.07 Å². The van der Waals surface area contributed by atoms with Crippen LogP contribution in [-0.4, -0.2) is 42.9 Å². The van der Waals surface area contributed by atoms with Crippen LogP contribution in [0.4, 0.5) is 11.5 Å². The Morgan fingerprint density at radius 1 is 1.23 bits per heavy atom. The second-order valence-corrected chi connectivity index (χ2v) is 6.84. The highest BCUT2D eigenvalue weighted by Crippen LogP contribution is 2.17. The van der Waals surface area contributed by atoms with E-state index >= 15 is 0 Å². The van der Waals surface area contributed by atoms with Crippen LogP contribution in [0.3, 0.4) is 0 Å². The SMILES string of the molecule is N#Cc1ccc(CSCC(=O)Nc2ccc(N3CCOCC3)cn2)cc1. The molecular weight excluding hydrogens is 348 g/mol. The summed E-state index contributed by atoms with van der Waals surface area (Å²) in [5, 5.41) is 11.6. The Labute approximate surface area is 157 Å². The minimum absolute atomic E-state index is 0.0738. The first kappa shape index (κ1) is 18.2. The lowest BCUT2D eigenvalue weighted by Crippen LogP contribution is -2.36. The molecule has 0 saturated carbocycles. The van der Waals surface area contributed by atoms with Crippen LogP contribution in [0.1, 0.15) is 11.1 Å². The van der Waals surface area contributed by atoms with Gasteiger partial charge in [0.05, 0.1) is 42.5 Å². The first-order valence-electron chi connectivity index (χ1n) is 8.40. The lowest BCUT2D eigenvalue weighted by molar-refractivity contribution is -0.113. The molecule has 3 rings (SSSR count). The molecule has 0 atom stereocenters. The molecule has 1 aliphatic heterocycles. The van der Waals surface area contributed by atoms with Gasteiger partial charge < -0.3 is 15.0 Å². The Kier molecular flexibility index (Phi) is 6.47. The Morgan fingerprint density at radius 3 is 2.65 bits per heavy atom. The van der Waals surface area contributed by atoms with Crippen molar-refractivity contribution in [3.63, 3.8) is 0 Å². The Morgan fingerprint density at radius 2 is 2.00 bits per heavy atom. The van der Waals surface area contributed by atoms with Crippen molar-refractivity contribution < 1.29 is 9.53 Å². The van der Waals surface area contributed by atoms with E-state index in [4.69, 9.17) is 10.00 Å². The van der Waals surface area contributed by atoms with Crippen LogP contribution >= 0.6 is 11.8 Å². The highest BCUT2D eigenvalue weighted by Gasteiger charge is 2.11. The molecule has 1 N–H and O–H groups in total. The molecule has 0 aliphatic carbocycles. The zero-order chi connectivity index (χ0) is 18.2. The third kappa shape index (κ3) is 5.22. The van der Waals surface area contributed by atoms with Gasteiger partial charge in [-0.3, -0.25) is 4.79 Å². The van der Waals surface area contributed by atoms with Gasteiger partial charge >= 0.3 is 0 Å². The van der Waals surface area contributed by atoms with Crippen LogP contribution in [0, 0.1) is 11.3 Å². The fourth-order valence-corrected chi connectivity index (χ4v) is 3.37. The number of hydrogen-bond acceptors (Lipinski definition) is 6. The summed E-state index contributed by atoms with van der Waals surface area (Å²) in [4.78, 5) is 18.6. The Hall–Kier alpha value is -2.56. The number of amides is 1. The number of carbonyl (C=O) groups is 1. The molecule has 1 saturated heterocycles. The maximum absolute atomic E-state index is 12.0. The molecule has 134 valence electrons. The molecule has 0 radical (unpaired) electrons. The number of pyridine rings is 1. The van der Waals surface area contributed by atoms with Gasteiger partial charge in [0, 0.05) is 18.8 Å². The number of thioether (sulfide) groups is 1. The molecule has 1 fully saturated rings. The number of ether oxygens (including phenoxy) is 1. The number of rotatable bonds is 6. The molecule has 1 aliphatic rings. The van der Waals surface area contributed by atoms with Gasteiger partial charge in [0.2, 0.25) is 5.91 Å². The third-order valence-corrected chi connectivity index (χ3v) is 4.98. The van der Waals surface area contributed by atoms with Crippen molar-refractivity contribution in [1.29, 1.82) is 5.26 Å². The predicted molar refractivity (Wildman–Crippen MR) is 103 cm³/mol. The van der Waals surface area contributed by atoms with Crippen LogP contribution in [0.2, 0.25) is 0 Å². The highest BCUT2D eigenvalue weighted by atomic mass is 32.2. The van der Waals surface area contributed by atoms with Gasteiger partial charge in [-0.05, 0) is 29.8 Å². The number of hydrogen-bond donors (Lipinski definition) is 1. The molecule has 1 amide bonds. The molecule has 1 aromatic carbocycles. The quantitative estimate of drug-likeness (QED) is 0.845. The van der Waals surface area contributed by atoms with Gasteiger partial charge in [-0.15, -0.1) is 11.8 Å². The molecule has 1 aromatic heterocycles. The van der Waals surface area contributed by atoms with Gasteiger partial charge in [0.25, 0.3) is 0 Å². The number of aromatic nitrogens is 1. The number of nitriles is 1. The number of morpholine rings is 1. The van der Waals surface area contributed by atoms with E-state index in [1.165, 1.54) is 11.8 Å². The lowest BCUT2D eigenvalue weighted by atomic mass is 10.2. The van der Waals surface area contributed by atoms with E-state index < -0.39 is 0 Å². The summed E-state index contributed by atoms with van der Waals surface area (Å²) in [7, 11) is 0. The van der Waals surface area contributed by atoms with Gasteiger partial charge in [-0.25, -0.2) is 4.98 Å². The summed E-state index contributed by atoms with van der Waals surface area (Å²) in [6.45, 7) is 3.18. The predicted octanol–water partition coefficient (Wildman–Crippen LogP) is 2.66. The number of benzene rings is 1. The number of nitrogens with zero attached hydrogens (tertiary/aromatic N) is 3. The largest absolute Gasteiger partial charge is 0.378 e.